The van der Waals surface area contributed by atoms with Crippen LogP contribution in [0.5, 0.6) is 5.75 Å². The summed E-state index contributed by atoms with van der Waals surface area (Å²) in [6, 6.07) is 16.4. The van der Waals surface area contributed by atoms with Crippen molar-refractivity contribution in [2.24, 2.45) is 0 Å². The molecular weight excluding hydrogens is 300 g/mol. The highest BCUT2D eigenvalue weighted by molar-refractivity contribution is 5.93. The van der Waals surface area contributed by atoms with Gasteiger partial charge in [-0.15, -0.1) is 0 Å². The quantitative estimate of drug-likeness (QED) is 0.882. The molecule has 1 atom stereocenters. The topological polar surface area (TPSA) is 41.6 Å². The summed E-state index contributed by atoms with van der Waals surface area (Å²) in [5, 5.41) is 2.97. The zero-order valence-electron chi connectivity index (χ0n) is 14.3. The lowest BCUT2D eigenvalue weighted by Gasteiger charge is -2.24. The fourth-order valence-electron chi connectivity index (χ4n) is 3.37. The normalized spacial score (nSPS) is 16.0. The van der Waals surface area contributed by atoms with Crippen molar-refractivity contribution in [1.82, 2.24) is 4.90 Å². The molecule has 1 N–H and O–H groups in total. The molecule has 1 aliphatic rings. The Balaban J connectivity index is 1.63. The van der Waals surface area contributed by atoms with Gasteiger partial charge in [0.15, 0.2) is 0 Å². The van der Waals surface area contributed by atoms with Crippen LogP contribution in [0.3, 0.4) is 0 Å². The lowest BCUT2D eigenvalue weighted by Crippen LogP contribution is -2.32. The zero-order chi connectivity index (χ0) is 16.9. The molecule has 1 aliphatic carbocycles. The van der Waals surface area contributed by atoms with Crippen molar-refractivity contribution in [2.75, 3.05) is 25.5 Å². The van der Waals surface area contributed by atoms with E-state index in [1.165, 1.54) is 11.1 Å². The van der Waals surface area contributed by atoms with Gasteiger partial charge in [-0.1, -0.05) is 36.4 Å². The van der Waals surface area contributed by atoms with Crippen LogP contribution in [0.2, 0.25) is 0 Å². The zero-order valence-corrected chi connectivity index (χ0v) is 14.3. The summed E-state index contributed by atoms with van der Waals surface area (Å²) in [4.78, 5) is 14.6. The number of carbonyl (C=O) groups is 1. The van der Waals surface area contributed by atoms with Gasteiger partial charge in [0.25, 0.3) is 0 Å². The Morgan fingerprint density at radius 1 is 1.21 bits per heavy atom. The fraction of sp³-hybridized carbons (Fsp3) is 0.350. The van der Waals surface area contributed by atoms with Crippen LogP contribution in [0.25, 0.3) is 0 Å². The molecule has 0 heterocycles. The fourth-order valence-corrected chi connectivity index (χ4v) is 3.37. The van der Waals surface area contributed by atoms with Gasteiger partial charge in [-0.2, -0.15) is 0 Å². The van der Waals surface area contributed by atoms with Crippen molar-refractivity contribution in [3.63, 3.8) is 0 Å². The minimum atomic E-state index is -0.0194. The Hall–Kier alpha value is -2.33. The van der Waals surface area contributed by atoms with Crippen molar-refractivity contribution in [2.45, 2.75) is 25.8 Å². The first-order valence-corrected chi connectivity index (χ1v) is 8.48. The molecule has 0 aliphatic heterocycles. The van der Waals surface area contributed by atoms with E-state index >= 15 is 0 Å². The number of likely N-dealkylation sites (N-methyl/N-ethyl adjacent to an activating group) is 1. The number of hydrogen-bond donors (Lipinski definition) is 1. The maximum atomic E-state index is 12.4. The second-order valence-electron chi connectivity index (χ2n) is 6.15. The summed E-state index contributed by atoms with van der Waals surface area (Å²) >= 11 is 0. The van der Waals surface area contributed by atoms with Gasteiger partial charge >= 0.3 is 0 Å². The molecule has 2 aromatic rings. The number of fused-ring (bicyclic) bond motifs is 1. The van der Waals surface area contributed by atoms with Crippen LogP contribution in [0.4, 0.5) is 5.69 Å². The third-order valence-corrected chi connectivity index (χ3v) is 4.49. The molecule has 1 unspecified atom stereocenters. The van der Waals surface area contributed by atoms with Crippen molar-refractivity contribution in [3.05, 3.63) is 59.7 Å². The Labute approximate surface area is 143 Å². The average Bonchev–Trinajstić information content (AvgIpc) is 3.01. The first kappa shape index (κ1) is 16.5. The number of rotatable bonds is 6. The molecule has 1 amide bonds. The number of para-hydroxylation sites is 2. The highest BCUT2D eigenvalue weighted by Crippen LogP contribution is 2.34. The molecule has 4 nitrogen and oxygen atoms in total. The van der Waals surface area contributed by atoms with Gasteiger partial charge in [0, 0.05) is 6.04 Å². The third-order valence-electron chi connectivity index (χ3n) is 4.49. The summed E-state index contributed by atoms with van der Waals surface area (Å²) in [6.07, 6.45) is 2.15. The summed E-state index contributed by atoms with van der Waals surface area (Å²) < 4.78 is 5.56. The molecule has 0 saturated heterocycles. The van der Waals surface area contributed by atoms with Crippen LogP contribution in [0.15, 0.2) is 48.5 Å². The number of aryl methyl sites for hydroxylation is 1. The molecule has 0 radical (unpaired) electrons. The molecule has 24 heavy (non-hydrogen) atoms. The molecule has 0 fully saturated rings. The van der Waals surface area contributed by atoms with E-state index in [1.54, 1.807) is 0 Å². The summed E-state index contributed by atoms with van der Waals surface area (Å²) in [6.45, 7) is 2.87. The van der Waals surface area contributed by atoms with E-state index in [1.807, 2.05) is 38.2 Å². The number of ether oxygens (including phenoxy) is 1. The van der Waals surface area contributed by atoms with Crippen molar-refractivity contribution < 1.29 is 9.53 Å². The van der Waals surface area contributed by atoms with Gasteiger partial charge in [0.1, 0.15) is 5.75 Å². The lowest BCUT2D eigenvalue weighted by molar-refractivity contribution is -0.117. The largest absolute Gasteiger partial charge is 0.492 e. The van der Waals surface area contributed by atoms with E-state index in [4.69, 9.17) is 4.74 Å². The van der Waals surface area contributed by atoms with E-state index in [0.717, 1.165) is 18.5 Å². The minimum Gasteiger partial charge on any atom is -0.492 e. The molecule has 0 saturated carbocycles. The maximum Gasteiger partial charge on any atom is 0.238 e. The van der Waals surface area contributed by atoms with Crippen molar-refractivity contribution >= 4 is 11.6 Å². The lowest BCUT2D eigenvalue weighted by atomic mass is 10.1. The molecule has 126 valence electrons. The standard InChI is InChI=1S/C20H24N2O2/c1-3-24-19-11-7-6-10-17(19)21-20(23)14-22(2)18-13-12-15-8-4-5-9-16(15)18/h4-11,18H,3,12-14H2,1-2H3,(H,21,23). The predicted octanol–water partition coefficient (Wildman–Crippen LogP) is 3.64. The smallest absolute Gasteiger partial charge is 0.238 e. The predicted molar refractivity (Wildman–Crippen MR) is 96.4 cm³/mol. The summed E-state index contributed by atoms with van der Waals surface area (Å²) in [7, 11) is 2.01. The van der Waals surface area contributed by atoms with Crippen LogP contribution >= 0.6 is 0 Å². The minimum absolute atomic E-state index is 0.0194. The Bertz CT molecular complexity index is 714. The van der Waals surface area contributed by atoms with Gasteiger partial charge in [0.2, 0.25) is 5.91 Å². The highest BCUT2D eigenvalue weighted by Gasteiger charge is 2.26. The van der Waals surface area contributed by atoms with Crippen LogP contribution in [0.1, 0.15) is 30.5 Å². The Kier molecular flexibility index (Phi) is 5.16. The first-order chi connectivity index (χ1) is 11.7. The number of nitrogens with one attached hydrogen (secondary N) is 1. The number of anilines is 1. The maximum absolute atomic E-state index is 12.4. The van der Waals surface area contributed by atoms with Crippen LogP contribution in [0, 0.1) is 0 Å². The molecular formula is C20H24N2O2. The molecule has 0 bridgehead atoms. The van der Waals surface area contributed by atoms with E-state index in [9.17, 15) is 4.79 Å². The molecule has 2 aromatic carbocycles. The van der Waals surface area contributed by atoms with E-state index in [2.05, 4.69) is 34.5 Å². The van der Waals surface area contributed by atoms with Crippen LogP contribution < -0.4 is 10.1 Å². The first-order valence-electron chi connectivity index (χ1n) is 8.48. The third kappa shape index (κ3) is 3.60. The van der Waals surface area contributed by atoms with E-state index in [0.29, 0.717) is 24.9 Å². The van der Waals surface area contributed by atoms with Gasteiger partial charge in [-0.05, 0) is 50.1 Å². The summed E-state index contributed by atoms with van der Waals surface area (Å²) in [5.41, 5.74) is 3.48. The van der Waals surface area contributed by atoms with Crippen molar-refractivity contribution in [3.8, 4) is 5.75 Å². The number of hydrogen-bond acceptors (Lipinski definition) is 3. The molecule has 4 heteroatoms. The second-order valence-corrected chi connectivity index (χ2v) is 6.15. The van der Waals surface area contributed by atoms with Gasteiger partial charge in [-0.25, -0.2) is 0 Å². The number of benzene rings is 2. The monoisotopic (exact) mass is 324 g/mol. The molecule has 3 rings (SSSR count). The molecule has 0 aromatic heterocycles. The molecule has 0 spiro atoms. The van der Waals surface area contributed by atoms with Crippen LogP contribution in [-0.2, 0) is 11.2 Å². The summed E-state index contributed by atoms with van der Waals surface area (Å²) in [5.74, 6) is 0.691. The Morgan fingerprint density at radius 2 is 1.96 bits per heavy atom. The second kappa shape index (κ2) is 7.49. The average molecular weight is 324 g/mol. The SMILES string of the molecule is CCOc1ccccc1NC(=O)CN(C)C1CCc2ccccc21. The van der Waals surface area contributed by atoms with E-state index in [-0.39, 0.29) is 5.91 Å². The van der Waals surface area contributed by atoms with E-state index < -0.39 is 0 Å². The van der Waals surface area contributed by atoms with Gasteiger partial charge in [0.05, 0.1) is 18.8 Å². The van der Waals surface area contributed by atoms with Crippen LogP contribution in [-0.4, -0.2) is 31.0 Å². The van der Waals surface area contributed by atoms with Gasteiger partial charge < -0.3 is 10.1 Å². The Morgan fingerprint density at radius 3 is 2.79 bits per heavy atom. The highest BCUT2D eigenvalue weighted by atomic mass is 16.5. The number of carbonyl (C=O) groups excluding carboxylic acids is 1. The van der Waals surface area contributed by atoms with Crippen molar-refractivity contribution in [1.29, 1.82) is 0 Å². The number of amides is 1. The number of nitrogens with zero attached hydrogens (tertiary/aromatic N) is 1. The van der Waals surface area contributed by atoms with Gasteiger partial charge in [-0.3, -0.25) is 9.69 Å².